The lowest BCUT2D eigenvalue weighted by atomic mass is 10.3. The van der Waals surface area contributed by atoms with Crippen LogP contribution >= 0.6 is 23.8 Å². The monoisotopic (exact) mass is 400 g/mol. The summed E-state index contributed by atoms with van der Waals surface area (Å²) in [6, 6.07) is 6.03. The fourth-order valence-electron chi connectivity index (χ4n) is 3.45. The van der Waals surface area contributed by atoms with E-state index in [-0.39, 0.29) is 5.48 Å². The molecule has 2 aliphatic rings. The van der Waals surface area contributed by atoms with Gasteiger partial charge in [0.05, 0.1) is 50.8 Å². The van der Waals surface area contributed by atoms with Gasteiger partial charge in [0, 0.05) is 31.2 Å². The molecule has 0 bridgehead atoms. The Bertz CT molecular complexity index is 797. The van der Waals surface area contributed by atoms with Gasteiger partial charge < -0.3 is 24.1 Å². The normalized spacial score (nSPS) is 19.6. The van der Waals surface area contributed by atoms with Gasteiger partial charge in [-0.05, 0) is 30.4 Å². The minimum absolute atomic E-state index is 0. The summed E-state index contributed by atoms with van der Waals surface area (Å²) in [5.41, 5.74) is 2.23. The molecule has 2 fully saturated rings. The van der Waals surface area contributed by atoms with Crippen LogP contribution in [0, 0.1) is 4.77 Å². The fourth-order valence-corrected chi connectivity index (χ4v) is 3.93. The number of rotatable bonds is 4. The number of imidazole rings is 1. The number of aromatic nitrogens is 2. The first-order valence-electron chi connectivity index (χ1n) is 8.71. The Morgan fingerprint density at radius 1 is 0.846 bits per heavy atom. The van der Waals surface area contributed by atoms with Crippen LogP contribution in [-0.4, -0.2) is 77.0 Å². The molecular formula is C17H25ClN4O3S. The van der Waals surface area contributed by atoms with Crippen LogP contribution in [0.1, 0.15) is 0 Å². The van der Waals surface area contributed by atoms with Crippen molar-refractivity contribution < 1.29 is 14.9 Å². The lowest BCUT2D eigenvalue weighted by Gasteiger charge is -2.27. The van der Waals surface area contributed by atoms with Gasteiger partial charge in [-0.15, -0.1) is 0 Å². The predicted molar refractivity (Wildman–Crippen MR) is 104 cm³/mol. The zero-order chi connectivity index (χ0) is 17.2. The summed E-state index contributed by atoms with van der Waals surface area (Å²) in [5.74, 6) is 0. The number of hydrogen-bond acceptors (Lipinski definition) is 5. The maximum absolute atomic E-state index is 6.27. The third-order valence-electron chi connectivity index (χ3n) is 4.87. The second-order valence-electron chi connectivity index (χ2n) is 6.52. The number of fused-ring (bicyclic) bond motifs is 1. The molecule has 26 heavy (non-hydrogen) atoms. The van der Waals surface area contributed by atoms with Gasteiger partial charge in [-0.1, -0.05) is 11.6 Å². The van der Waals surface area contributed by atoms with Crippen molar-refractivity contribution in [1.82, 2.24) is 18.9 Å². The molecule has 0 aliphatic carbocycles. The Labute approximate surface area is 162 Å². The summed E-state index contributed by atoms with van der Waals surface area (Å²) in [6.45, 7) is 8.41. The molecule has 1 aromatic heterocycles. The van der Waals surface area contributed by atoms with Crippen molar-refractivity contribution in [3.05, 3.63) is 28.0 Å². The highest BCUT2D eigenvalue weighted by atomic mass is 35.5. The van der Waals surface area contributed by atoms with E-state index in [1.54, 1.807) is 0 Å². The summed E-state index contributed by atoms with van der Waals surface area (Å²) < 4.78 is 16.2. The van der Waals surface area contributed by atoms with E-state index in [1.165, 1.54) is 0 Å². The van der Waals surface area contributed by atoms with Crippen molar-refractivity contribution in [2.24, 2.45) is 0 Å². The SMILES string of the molecule is O.S=c1n(CN2CCOCC2)c2ccc(Cl)cc2n1CN1CCOCC1. The average molecular weight is 401 g/mol. The largest absolute Gasteiger partial charge is 0.412 e. The van der Waals surface area contributed by atoms with Crippen LogP contribution in [0.5, 0.6) is 0 Å². The van der Waals surface area contributed by atoms with Crippen molar-refractivity contribution in [1.29, 1.82) is 0 Å². The second-order valence-corrected chi connectivity index (χ2v) is 7.32. The molecule has 2 aliphatic heterocycles. The molecule has 2 N–H and O–H groups in total. The highest BCUT2D eigenvalue weighted by Crippen LogP contribution is 2.23. The topological polar surface area (TPSA) is 66.3 Å². The Hall–Kier alpha value is -1.00. The van der Waals surface area contributed by atoms with Crippen LogP contribution in [-0.2, 0) is 22.8 Å². The second kappa shape index (κ2) is 8.79. The van der Waals surface area contributed by atoms with E-state index in [9.17, 15) is 0 Å². The summed E-state index contributed by atoms with van der Waals surface area (Å²) in [7, 11) is 0. The number of ether oxygens (including phenoxy) is 2. The lowest BCUT2D eigenvalue weighted by molar-refractivity contribution is 0.0210. The van der Waals surface area contributed by atoms with Gasteiger partial charge >= 0.3 is 0 Å². The summed E-state index contributed by atoms with van der Waals surface area (Å²) in [4.78, 5) is 4.76. The highest BCUT2D eigenvalue weighted by Gasteiger charge is 2.18. The predicted octanol–water partition coefficient (Wildman–Crippen LogP) is 1.58. The molecule has 0 radical (unpaired) electrons. The third kappa shape index (κ3) is 4.12. The Morgan fingerprint density at radius 3 is 1.88 bits per heavy atom. The molecule has 2 aromatic rings. The lowest BCUT2D eigenvalue weighted by Crippen LogP contribution is -2.38. The highest BCUT2D eigenvalue weighted by molar-refractivity contribution is 7.71. The van der Waals surface area contributed by atoms with Gasteiger partial charge in [0.15, 0.2) is 4.77 Å². The van der Waals surface area contributed by atoms with Gasteiger partial charge in [-0.3, -0.25) is 9.80 Å². The van der Waals surface area contributed by atoms with Crippen molar-refractivity contribution in [2.45, 2.75) is 13.3 Å². The molecule has 3 heterocycles. The minimum Gasteiger partial charge on any atom is -0.412 e. The Morgan fingerprint density at radius 2 is 1.35 bits per heavy atom. The molecule has 9 heteroatoms. The van der Waals surface area contributed by atoms with Crippen molar-refractivity contribution in [3.63, 3.8) is 0 Å². The smallest absolute Gasteiger partial charge is 0.183 e. The summed E-state index contributed by atoms with van der Waals surface area (Å²) in [5, 5.41) is 0.738. The Balaban J connectivity index is 0.00000196. The van der Waals surface area contributed by atoms with E-state index in [2.05, 4.69) is 25.0 Å². The molecule has 2 saturated heterocycles. The van der Waals surface area contributed by atoms with E-state index < -0.39 is 0 Å². The standard InChI is InChI=1S/C17H23ClN4O2S.H2O/c18-14-1-2-15-16(11-14)22(13-20-5-9-24-10-6-20)17(25)21(15)12-19-3-7-23-8-4-19;/h1-2,11H,3-10,12-13H2;1H2. The molecule has 0 unspecified atom stereocenters. The van der Waals surface area contributed by atoms with E-state index >= 15 is 0 Å². The van der Waals surface area contributed by atoms with E-state index in [0.717, 1.165) is 86.8 Å². The van der Waals surface area contributed by atoms with Gasteiger partial charge in [-0.2, -0.15) is 0 Å². The maximum atomic E-state index is 6.27. The van der Waals surface area contributed by atoms with Crippen LogP contribution in [0.3, 0.4) is 0 Å². The zero-order valence-corrected chi connectivity index (χ0v) is 16.3. The molecule has 144 valence electrons. The van der Waals surface area contributed by atoms with Crippen molar-refractivity contribution in [2.75, 3.05) is 52.6 Å². The van der Waals surface area contributed by atoms with E-state index in [0.29, 0.717) is 0 Å². The van der Waals surface area contributed by atoms with Crippen LogP contribution in [0.4, 0.5) is 0 Å². The summed E-state index contributed by atoms with van der Waals surface area (Å²) >= 11 is 12.1. The zero-order valence-electron chi connectivity index (χ0n) is 14.7. The van der Waals surface area contributed by atoms with Crippen LogP contribution < -0.4 is 0 Å². The minimum atomic E-state index is 0. The Kier molecular flexibility index (Phi) is 6.68. The molecule has 1 aromatic carbocycles. The molecule has 7 nitrogen and oxygen atoms in total. The molecule has 0 amide bonds. The first kappa shape index (κ1) is 19.8. The van der Waals surface area contributed by atoms with Crippen LogP contribution in [0.25, 0.3) is 11.0 Å². The number of nitrogens with zero attached hydrogens (tertiary/aromatic N) is 4. The van der Waals surface area contributed by atoms with E-state index in [4.69, 9.17) is 33.3 Å². The molecule has 0 saturated carbocycles. The number of halogens is 1. The van der Waals surface area contributed by atoms with Gasteiger partial charge in [0.1, 0.15) is 0 Å². The van der Waals surface area contributed by atoms with Crippen LogP contribution in [0.15, 0.2) is 18.2 Å². The molecule has 4 rings (SSSR count). The van der Waals surface area contributed by atoms with Gasteiger partial charge in [0.2, 0.25) is 0 Å². The molecule has 0 spiro atoms. The number of hydrogen-bond donors (Lipinski definition) is 0. The quantitative estimate of drug-likeness (QED) is 0.729. The average Bonchev–Trinajstić information content (AvgIpc) is 2.89. The third-order valence-corrected chi connectivity index (χ3v) is 5.55. The number of morpholine rings is 2. The van der Waals surface area contributed by atoms with Gasteiger partial charge in [0.25, 0.3) is 0 Å². The fraction of sp³-hybridized carbons (Fsp3) is 0.588. The first-order chi connectivity index (χ1) is 12.2. The van der Waals surface area contributed by atoms with Crippen molar-refractivity contribution in [3.8, 4) is 0 Å². The van der Waals surface area contributed by atoms with Gasteiger partial charge in [-0.25, -0.2) is 0 Å². The number of benzene rings is 1. The van der Waals surface area contributed by atoms with Crippen molar-refractivity contribution >= 4 is 34.9 Å². The maximum Gasteiger partial charge on any atom is 0.183 e. The summed E-state index contributed by atoms with van der Waals surface area (Å²) in [6.07, 6.45) is 0. The molecular weight excluding hydrogens is 376 g/mol. The van der Waals surface area contributed by atoms with Crippen LogP contribution in [0.2, 0.25) is 5.02 Å². The first-order valence-corrected chi connectivity index (χ1v) is 9.50. The van der Waals surface area contributed by atoms with E-state index in [1.807, 2.05) is 12.1 Å². The molecule has 0 atom stereocenters.